The Morgan fingerprint density at radius 3 is 2.69 bits per heavy atom. The van der Waals surface area contributed by atoms with Crippen LogP contribution in [0.2, 0.25) is 0 Å². The van der Waals surface area contributed by atoms with Crippen molar-refractivity contribution in [1.29, 1.82) is 0 Å². The molecule has 1 atom stereocenters. The van der Waals surface area contributed by atoms with Crippen LogP contribution in [0.25, 0.3) is 0 Å². The first kappa shape index (κ1) is 10.0. The van der Waals surface area contributed by atoms with E-state index in [-0.39, 0.29) is 12.0 Å². The average molecular weight is 206 g/mol. The lowest BCUT2D eigenvalue weighted by atomic mass is 10.2. The van der Waals surface area contributed by atoms with E-state index in [9.17, 15) is 13.2 Å². The predicted molar refractivity (Wildman–Crippen MR) is 44.4 cm³/mol. The SMILES string of the molecule is COC(=O)C1=COC(S(C)(=O)=O)C1. The van der Waals surface area contributed by atoms with Crippen LogP contribution in [0.1, 0.15) is 6.42 Å². The van der Waals surface area contributed by atoms with Gasteiger partial charge in [-0.25, -0.2) is 13.2 Å². The molecule has 1 unspecified atom stereocenters. The molecule has 5 nitrogen and oxygen atoms in total. The largest absolute Gasteiger partial charge is 0.481 e. The molecular weight excluding hydrogens is 196 g/mol. The van der Waals surface area contributed by atoms with Gasteiger partial charge >= 0.3 is 5.97 Å². The van der Waals surface area contributed by atoms with Crippen LogP contribution < -0.4 is 0 Å². The van der Waals surface area contributed by atoms with Crippen molar-refractivity contribution in [2.75, 3.05) is 13.4 Å². The van der Waals surface area contributed by atoms with Gasteiger partial charge in [-0.1, -0.05) is 0 Å². The number of rotatable bonds is 2. The normalized spacial score (nSPS) is 22.0. The molecule has 0 aliphatic carbocycles. The summed E-state index contributed by atoms with van der Waals surface area (Å²) in [7, 11) is -2.03. The number of carbonyl (C=O) groups is 1. The van der Waals surface area contributed by atoms with Gasteiger partial charge in [-0.3, -0.25) is 0 Å². The van der Waals surface area contributed by atoms with Gasteiger partial charge in [0.25, 0.3) is 0 Å². The zero-order valence-corrected chi connectivity index (χ0v) is 8.13. The van der Waals surface area contributed by atoms with Gasteiger partial charge in [0.1, 0.15) is 0 Å². The molecule has 6 heteroatoms. The molecule has 0 aromatic carbocycles. The van der Waals surface area contributed by atoms with E-state index in [1.54, 1.807) is 0 Å². The summed E-state index contributed by atoms with van der Waals surface area (Å²) < 4.78 is 31.2. The Balaban J connectivity index is 2.67. The smallest absolute Gasteiger partial charge is 0.337 e. The fourth-order valence-electron chi connectivity index (χ4n) is 0.949. The molecule has 0 N–H and O–H groups in total. The van der Waals surface area contributed by atoms with E-state index in [1.165, 1.54) is 7.11 Å². The van der Waals surface area contributed by atoms with Crippen molar-refractivity contribution in [2.45, 2.75) is 11.9 Å². The minimum absolute atomic E-state index is 0.0610. The quantitative estimate of drug-likeness (QED) is 0.587. The van der Waals surface area contributed by atoms with E-state index in [4.69, 9.17) is 4.74 Å². The third-order valence-corrected chi connectivity index (χ3v) is 2.91. The Labute approximate surface area is 76.2 Å². The fourth-order valence-corrected chi connectivity index (χ4v) is 1.69. The van der Waals surface area contributed by atoms with Crippen molar-refractivity contribution in [3.8, 4) is 0 Å². The van der Waals surface area contributed by atoms with E-state index in [2.05, 4.69) is 4.74 Å². The molecule has 0 saturated heterocycles. The van der Waals surface area contributed by atoms with Crippen LogP contribution in [-0.2, 0) is 24.1 Å². The van der Waals surface area contributed by atoms with Crippen LogP contribution in [0.5, 0.6) is 0 Å². The summed E-state index contributed by atoms with van der Waals surface area (Å²) in [6.07, 6.45) is 2.26. The van der Waals surface area contributed by atoms with Gasteiger partial charge in [0.05, 0.1) is 18.9 Å². The Morgan fingerprint density at radius 2 is 2.31 bits per heavy atom. The summed E-state index contributed by atoms with van der Waals surface area (Å²) in [5.41, 5.74) is -0.695. The van der Waals surface area contributed by atoms with Crippen LogP contribution >= 0.6 is 0 Å². The van der Waals surface area contributed by atoms with Gasteiger partial charge in [-0.15, -0.1) is 0 Å². The van der Waals surface area contributed by atoms with Crippen LogP contribution in [0.15, 0.2) is 11.8 Å². The third-order valence-electron chi connectivity index (χ3n) is 1.67. The molecule has 0 radical (unpaired) electrons. The van der Waals surface area contributed by atoms with Gasteiger partial charge in [0.2, 0.25) is 5.44 Å². The van der Waals surface area contributed by atoms with Crippen molar-refractivity contribution < 1.29 is 22.7 Å². The van der Waals surface area contributed by atoms with Gasteiger partial charge in [-0.05, 0) is 0 Å². The number of ether oxygens (including phenoxy) is 2. The first-order chi connectivity index (χ1) is 5.95. The molecule has 1 aliphatic rings. The van der Waals surface area contributed by atoms with Crippen molar-refractivity contribution in [3.05, 3.63) is 11.8 Å². The third kappa shape index (κ3) is 2.21. The van der Waals surface area contributed by atoms with Crippen LogP contribution in [0.3, 0.4) is 0 Å². The number of methoxy groups -OCH3 is 1. The van der Waals surface area contributed by atoms with Gasteiger partial charge in [-0.2, -0.15) is 0 Å². The molecule has 0 aromatic heterocycles. The molecule has 0 spiro atoms. The molecule has 0 aromatic rings. The number of esters is 1. The summed E-state index contributed by atoms with van der Waals surface area (Å²) in [5, 5.41) is 0. The molecule has 0 saturated carbocycles. The van der Waals surface area contributed by atoms with E-state index in [0.717, 1.165) is 12.5 Å². The molecular formula is C7H10O5S. The molecule has 0 bridgehead atoms. The van der Waals surface area contributed by atoms with Crippen LogP contribution in [0, 0.1) is 0 Å². The summed E-state index contributed by atoms with van der Waals surface area (Å²) >= 11 is 0. The molecule has 1 rings (SSSR count). The zero-order chi connectivity index (χ0) is 10.1. The molecule has 0 amide bonds. The fraction of sp³-hybridized carbons (Fsp3) is 0.571. The van der Waals surface area contributed by atoms with Gasteiger partial charge in [0, 0.05) is 12.7 Å². The number of sulfone groups is 1. The summed E-state index contributed by atoms with van der Waals surface area (Å²) in [5.74, 6) is -0.550. The Morgan fingerprint density at radius 1 is 1.69 bits per heavy atom. The van der Waals surface area contributed by atoms with Gasteiger partial charge in [0.15, 0.2) is 9.84 Å². The maximum atomic E-state index is 11.0. The maximum Gasteiger partial charge on any atom is 0.337 e. The highest BCUT2D eigenvalue weighted by molar-refractivity contribution is 7.91. The lowest BCUT2D eigenvalue weighted by molar-refractivity contribution is -0.136. The molecule has 74 valence electrons. The standard InChI is InChI=1S/C7H10O5S/c1-11-7(8)5-3-6(12-4-5)13(2,9)10/h4,6H,3H2,1-2H3. The molecule has 1 aliphatic heterocycles. The molecule has 13 heavy (non-hydrogen) atoms. The lowest BCUT2D eigenvalue weighted by Crippen LogP contribution is -2.19. The van der Waals surface area contributed by atoms with E-state index < -0.39 is 21.2 Å². The number of hydrogen-bond donors (Lipinski definition) is 0. The highest BCUT2D eigenvalue weighted by atomic mass is 32.2. The monoisotopic (exact) mass is 206 g/mol. The summed E-state index contributed by atoms with van der Waals surface area (Å²) in [6.45, 7) is 0. The van der Waals surface area contributed by atoms with E-state index >= 15 is 0 Å². The van der Waals surface area contributed by atoms with Crippen LogP contribution in [0.4, 0.5) is 0 Å². The second-order valence-electron chi connectivity index (χ2n) is 2.73. The first-order valence-electron chi connectivity index (χ1n) is 3.57. The average Bonchev–Trinajstić information content (AvgIpc) is 2.50. The first-order valence-corrected chi connectivity index (χ1v) is 5.52. The highest BCUT2D eigenvalue weighted by Crippen LogP contribution is 2.22. The van der Waals surface area contributed by atoms with Crippen molar-refractivity contribution in [2.24, 2.45) is 0 Å². The van der Waals surface area contributed by atoms with Gasteiger partial charge < -0.3 is 9.47 Å². The Kier molecular flexibility index (Phi) is 2.60. The summed E-state index contributed by atoms with van der Waals surface area (Å²) in [6, 6.07) is 0. The van der Waals surface area contributed by atoms with Crippen LogP contribution in [-0.4, -0.2) is 33.2 Å². The zero-order valence-electron chi connectivity index (χ0n) is 7.31. The van der Waals surface area contributed by atoms with Crippen molar-refractivity contribution in [3.63, 3.8) is 0 Å². The molecule has 1 heterocycles. The maximum absolute atomic E-state index is 11.0. The van der Waals surface area contributed by atoms with Crippen molar-refractivity contribution in [1.82, 2.24) is 0 Å². The Bertz CT molecular complexity index is 340. The van der Waals surface area contributed by atoms with E-state index in [1.807, 2.05) is 0 Å². The Hall–Kier alpha value is -1.04. The van der Waals surface area contributed by atoms with Crippen molar-refractivity contribution >= 4 is 15.8 Å². The number of carbonyl (C=O) groups excluding carboxylic acids is 1. The minimum Gasteiger partial charge on any atom is -0.481 e. The molecule has 0 fully saturated rings. The lowest BCUT2D eigenvalue weighted by Gasteiger charge is -2.06. The highest BCUT2D eigenvalue weighted by Gasteiger charge is 2.31. The predicted octanol–water partition coefficient (Wildman–Crippen LogP) is -0.166. The summed E-state index contributed by atoms with van der Waals surface area (Å²) in [4.78, 5) is 10.9. The second-order valence-corrected chi connectivity index (χ2v) is 4.92. The minimum atomic E-state index is -3.26. The second kappa shape index (κ2) is 3.37. The van der Waals surface area contributed by atoms with E-state index in [0.29, 0.717) is 0 Å². The number of hydrogen-bond acceptors (Lipinski definition) is 5. The topological polar surface area (TPSA) is 69.7 Å².